The van der Waals surface area contributed by atoms with Crippen molar-refractivity contribution in [1.82, 2.24) is 14.8 Å². The first-order valence-corrected chi connectivity index (χ1v) is 7.57. The number of pyridine rings is 1. The van der Waals surface area contributed by atoms with Crippen molar-refractivity contribution in [2.45, 2.75) is 12.1 Å². The lowest BCUT2D eigenvalue weighted by Gasteiger charge is -2.15. The third kappa shape index (κ3) is 2.93. The van der Waals surface area contributed by atoms with Crippen LogP contribution in [0.25, 0.3) is 5.69 Å². The molecule has 1 aliphatic heterocycles. The average molecular weight is 326 g/mol. The van der Waals surface area contributed by atoms with Crippen LogP contribution >= 0.6 is 0 Å². The normalized spacial score (nSPS) is 20.2. The Bertz CT molecular complexity index is 828. The third-order valence-corrected chi connectivity index (χ3v) is 4.07. The first-order chi connectivity index (χ1) is 11.5. The fourth-order valence-corrected chi connectivity index (χ4v) is 2.74. The van der Waals surface area contributed by atoms with E-state index in [4.69, 9.17) is 5.73 Å². The number of hydrogen-bond donors (Lipinski definition) is 2. The summed E-state index contributed by atoms with van der Waals surface area (Å²) in [6.07, 6.45) is 1.66. The molecule has 1 aromatic heterocycles. The number of nitrogens with one attached hydrogen (secondary N) is 1. The number of aromatic nitrogens is 1. The van der Waals surface area contributed by atoms with Crippen LogP contribution in [0.4, 0.5) is 0 Å². The van der Waals surface area contributed by atoms with Crippen LogP contribution in [-0.4, -0.2) is 47.0 Å². The molecule has 0 radical (unpaired) electrons. The lowest BCUT2D eigenvalue weighted by atomic mass is 10.1. The summed E-state index contributed by atoms with van der Waals surface area (Å²) in [5.41, 5.74) is 6.79. The van der Waals surface area contributed by atoms with Gasteiger partial charge in [0.15, 0.2) is 0 Å². The zero-order valence-electron chi connectivity index (χ0n) is 13.2. The van der Waals surface area contributed by atoms with Crippen LogP contribution in [0.2, 0.25) is 0 Å². The number of nitrogens with zero attached hydrogens (tertiary/aromatic N) is 2. The Labute approximate surface area is 138 Å². The number of nitrogens with two attached hydrogens (primary N) is 1. The van der Waals surface area contributed by atoms with E-state index in [9.17, 15) is 14.4 Å². The van der Waals surface area contributed by atoms with E-state index in [0.717, 1.165) is 0 Å². The van der Waals surface area contributed by atoms with E-state index in [1.807, 2.05) is 0 Å². The largest absolute Gasteiger partial charge is 0.342 e. The van der Waals surface area contributed by atoms with Gasteiger partial charge in [0.2, 0.25) is 5.91 Å². The van der Waals surface area contributed by atoms with Crippen LogP contribution in [-0.2, 0) is 4.79 Å². The molecule has 2 atom stereocenters. The summed E-state index contributed by atoms with van der Waals surface area (Å²) in [7, 11) is 1.65. The maximum Gasteiger partial charge on any atom is 0.255 e. The van der Waals surface area contributed by atoms with E-state index in [0.29, 0.717) is 17.8 Å². The first kappa shape index (κ1) is 15.9. The Balaban J connectivity index is 1.76. The van der Waals surface area contributed by atoms with Gasteiger partial charge in [-0.15, -0.1) is 0 Å². The van der Waals surface area contributed by atoms with Crippen LogP contribution in [0.3, 0.4) is 0 Å². The number of rotatable bonds is 3. The molecule has 3 N–H and O–H groups in total. The Morgan fingerprint density at radius 2 is 1.88 bits per heavy atom. The van der Waals surface area contributed by atoms with E-state index >= 15 is 0 Å². The molecular formula is C17H18N4O3. The Hall–Kier alpha value is -2.93. The number of likely N-dealkylation sites (N-methyl/N-ethyl adjacent to an activating group) is 1. The summed E-state index contributed by atoms with van der Waals surface area (Å²) in [5.74, 6) is -0.561. The fourth-order valence-electron chi connectivity index (χ4n) is 2.74. The predicted molar refractivity (Wildman–Crippen MR) is 88.9 cm³/mol. The van der Waals surface area contributed by atoms with E-state index in [-0.39, 0.29) is 17.4 Å². The van der Waals surface area contributed by atoms with Crippen LogP contribution < -0.4 is 16.6 Å². The molecule has 1 aliphatic rings. The topological polar surface area (TPSA) is 97.4 Å². The Morgan fingerprint density at radius 1 is 1.17 bits per heavy atom. The van der Waals surface area contributed by atoms with Gasteiger partial charge in [-0.2, -0.15) is 0 Å². The fraction of sp³-hybridized carbons (Fsp3) is 0.235. The third-order valence-electron chi connectivity index (χ3n) is 4.07. The SMILES string of the molecule is CN1CC(N)C(NC(=O)c2ccc(-n3ccccc3=O)cc2)C1=O. The van der Waals surface area contributed by atoms with Gasteiger partial charge in [0.1, 0.15) is 6.04 Å². The summed E-state index contributed by atoms with van der Waals surface area (Å²) in [6, 6.07) is 10.3. The van der Waals surface area contributed by atoms with Crippen molar-refractivity contribution < 1.29 is 9.59 Å². The van der Waals surface area contributed by atoms with Crippen molar-refractivity contribution in [2.24, 2.45) is 5.73 Å². The van der Waals surface area contributed by atoms with E-state index in [1.54, 1.807) is 49.6 Å². The first-order valence-electron chi connectivity index (χ1n) is 7.57. The summed E-state index contributed by atoms with van der Waals surface area (Å²) < 4.78 is 1.48. The van der Waals surface area contributed by atoms with Gasteiger partial charge < -0.3 is 16.0 Å². The van der Waals surface area contributed by atoms with Crippen molar-refractivity contribution in [3.05, 3.63) is 64.6 Å². The Kier molecular flexibility index (Phi) is 4.18. The standard InChI is InChI=1S/C17H18N4O3/c1-20-10-13(18)15(17(20)24)19-16(23)11-5-7-12(8-6-11)21-9-3-2-4-14(21)22/h2-9,13,15H,10,18H2,1H3,(H,19,23). The van der Waals surface area contributed by atoms with Crippen LogP contribution in [0.5, 0.6) is 0 Å². The molecular weight excluding hydrogens is 308 g/mol. The quantitative estimate of drug-likeness (QED) is 0.812. The molecule has 24 heavy (non-hydrogen) atoms. The maximum atomic E-state index is 12.3. The molecule has 1 saturated heterocycles. The molecule has 0 bridgehead atoms. The molecule has 2 aromatic rings. The molecule has 0 saturated carbocycles. The van der Waals surface area contributed by atoms with Crippen molar-refractivity contribution in [1.29, 1.82) is 0 Å². The van der Waals surface area contributed by atoms with Gasteiger partial charge in [0.25, 0.3) is 11.5 Å². The zero-order valence-corrected chi connectivity index (χ0v) is 13.2. The summed E-state index contributed by atoms with van der Waals surface area (Å²) >= 11 is 0. The average Bonchev–Trinajstić information content (AvgIpc) is 2.82. The molecule has 2 amide bonds. The molecule has 2 heterocycles. The molecule has 0 aliphatic carbocycles. The highest BCUT2D eigenvalue weighted by Gasteiger charge is 2.37. The molecule has 7 heteroatoms. The number of likely N-dealkylation sites (tertiary alicyclic amines) is 1. The predicted octanol–water partition coefficient (Wildman–Crippen LogP) is -0.265. The highest BCUT2D eigenvalue weighted by atomic mass is 16.2. The van der Waals surface area contributed by atoms with Gasteiger partial charge in [-0.05, 0) is 30.3 Å². The number of carbonyl (C=O) groups excluding carboxylic acids is 2. The van der Waals surface area contributed by atoms with Gasteiger partial charge in [-0.25, -0.2) is 0 Å². The maximum absolute atomic E-state index is 12.3. The summed E-state index contributed by atoms with van der Waals surface area (Å²) in [4.78, 5) is 37.6. The van der Waals surface area contributed by atoms with E-state index < -0.39 is 12.1 Å². The molecule has 1 aromatic carbocycles. The number of amides is 2. The molecule has 7 nitrogen and oxygen atoms in total. The lowest BCUT2D eigenvalue weighted by Crippen LogP contribution is -2.48. The van der Waals surface area contributed by atoms with Gasteiger partial charge in [0.05, 0.1) is 6.04 Å². The van der Waals surface area contributed by atoms with Crippen molar-refractivity contribution in [3.63, 3.8) is 0 Å². The molecule has 124 valence electrons. The van der Waals surface area contributed by atoms with Gasteiger partial charge in [0, 0.05) is 37.1 Å². The second-order valence-electron chi connectivity index (χ2n) is 5.79. The monoisotopic (exact) mass is 326 g/mol. The van der Waals surface area contributed by atoms with Crippen LogP contribution in [0.1, 0.15) is 10.4 Å². The minimum absolute atomic E-state index is 0.153. The molecule has 0 spiro atoms. The van der Waals surface area contributed by atoms with Gasteiger partial charge in [-0.1, -0.05) is 6.07 Å². The molecule has 2 unspecified atom stereocenters. The second-order valence-corrected chi connectivity index (χ2v) is 5.79. The highest BCUT2D eigenvalue weighted by molar-refractivity contribution is 5.98. The summed E-state index contributed by atoms with van der Waals surface area (Å²) in [5, 5.41) is 2.67. The van der Waals surface area contributed by atoms with Crippen LogP contribution in [0.15, 0.2) is 53.5 Å². The number of benzene rings is 1. The van der Waals surface area contributed by atoms with Crippen LogP contribution in [0, 0.1) is 0 Å². The van der Waals surface area contributed by atoms with Crippen molar-refractivity contribution in [2.75, 3.05) is 13.6 Å². The minimum Gasteiger partial charge on any atom is -0.342 e. The number of hydrogen-bond acceptors (Lipinski definition) is 4. The van der Waals surface area contributed by atoms with Gasteiger partial charge in [-0.3, -0.25) is 19.0 Å². The van der Waals surface area contributed by atoms with Crippen molar-refractivity contribution >= 4 is 11.8 Å². The summed E-state index contributed by atoms with van der Waals surface area (Å²) in [6.45, 7) is 0.416. The zero-order chi connectivity index (χ0) is 17.3. The highest BCUT2D eigenvalue weighted by Crippen LogP contribution is 2.11. The second kappa shape index (κ2) is 6.29. The molecule has 3 rings (SSSR count). The number of carbonyl (C=O) groups is 2. The van der Waals surface area contributed by atoms with Crippen molar-refractivity contribution in [3.8, 4) is 5.69 Å². The minimum atomic E-state index is -0.709. The van der Waals surface area contributed by atoms with Gasteiger partial charge >= 0.3 is 0 Å². The van der Waals surface area contributed by atoms with E-state index in [2.05, 4.69) is 5.32 Å². The Morgan fingerprint density at radius 3 is 2.46 bits per heavy atom. The lowest BCUT2D eigenvalue weighted by molar-refractivity contribution is -0.128. The van der Waals surface area contributed by atoms with E-state index in [1.165, 1.54) is 15.5 Å². The smallest absolute Gasteiger partial charge is 0.255 e. The molecule has 1 fully saturated rings.